The molecule has 0 radical (unpaired) electrons. The van der Waals surface area contributed by atoms with Crippen LogP contribution in [0.25, 0.3) is 11.1 Å². The fraction of sp³-hybridized carbons (Fsp3) is 0.0769. The molecule has 4 nitrogen and oxygen atoms in total. The second kappa shape index (κ2) is 4.83. The largest absolute Gasteiger partial charge is 0.494 e. The third kappa shape index (κ3) is 2.15. The van der Waals surface area contributed by atoms with Gasteiger partial charge in [-0.2, -0.15) is 0 Å². The number of pyridine rings is 1. The van der Waals surface area contributed by atoms with Crippen LogP contribution >= 0.6 is 0 Å². The lowest BCUT2D eigenvalue weighted by Crippen LogP contribution is -2.00. The number of methoxy groups -OCH3 is 1. The minimum absolute atomic E-state index is 0.0627. The van der Waals surface area contributed by atoms with Crippen molar-refractivity contribution >= 4 is 5.97 Å². The molecule has 18 heavy (non-hydrogen) atoms. The predicted molar refractivity (Wildman–Crippen MR) is 63.1 cm³/mol. The maximum atomic E-state index is 13.3. The average molecular weight is 247 g/mol. The number of rotatable bonds is 3. The summed E-state index contributed by atoms with van der Waals surface area (Å²) in [5.41, 5.74) is 1.07. The summed E-state index contributed by atoms with van der Waals surface area (Å²) in [4.78, 5) is 15.0. The quantitative estimate of drug-likeness (QED) is 0.905. The Hall–Kier alpha value is -2.43. The van der Waals surface area contributed by atoms with Crippen LogP contribution in [0.2, 0.25) is 0 Å². The van der Waals surface area contributed by atoms with E-state index in [1.807, 2.05) is 0 Å². The first kappa shape index (κ1) is 12.0. The van der Waals surface area contributed by atoms with Crippen molar-refractivity contribution < 1.29 is 19.0 Å². The molecule has 0 aliphatic carbocycles. The minimum Gasteiger partial charge on any atom is -0.494 e. The van der Waals surface area contributed by atoms with Crippen LogP contribution < -0.4 is 4.74 Å². The number of hydrogen-bond acceptors (Lipinski definition) is 3. The molecule has 0 aliphatic heterocycles. The molecule has 1 aromatic carbocycles. The third-order valence-electron chi connectivity index (χ3n) is 2.51. The summed E-state index contributed by atoms with van der Waals surface area (Å²) in [6.45, 7) is 0. The zero-order chi connectivity index (χ0) is 13.1. The van der Waals surface area contributed by atoms with Gasteiger partial charge in [0, 0.05) is 18.0 Å². The Morgan fingerprint density at radius 1 is 1.39 bits per heavy atom. The third-order valence-corrected chi connectivity index (χ3v) is 2.51. The van der Waals surface area contributed by atoms with Gasteiger partial charge < -0.3 is 9.84 Å². The lowest BCUT2D eigenvalue weighted by Gasteiger charge is -2.08. The smallest absolute Gasteiger partial charge is 0.336 e. The van der Waals surface area contributed by atoms with Crippen molar-refractivity contribution in [3.8, 4) is 16.9 Å². The van der Waals surface area contributed by atoms with E-state index >= 15 is 0 Å². The van der Waals surface area contributed by atoms with Crippen molar-refractivity contribution in [2.45, 2.75) is 0 Å². The first-order valence-corrected chi connectivity index (χ1v) is 5.14. The van der Waals surface area contributed by atoms with Crippen molar-refractivity contribution in [2.24, 2.45) is 0 Å². The molecule has 0 bridgehead atoms. The van der Waals surface area contributed by atoms with Crippen LogP contribution in [-0.4, -0.2) is 23.2 Å². The van der Waals surface area contributed by atoms with Gasteiger partial charge in [0.05, 0.1) is 12.7 Å². The molecule has 1 N–H and O–H groups in total. The Labute approximate surface area is 103 Å². The molecule has 0 saturated heterocycles. The van der Waals surface area contributed by atoms with E-state index in [1.165, 1.54) is 43.8 Å². The fourth-order valence-electron chi connectivity index (χ4n) is 1.64. The Balaban J connectivity index is 2.58. The van der Waals surface area contributed by atoms with Gasteiger partial charge in [-0.1, -0.05) is 6.07 Å². The van der Waals surface area contributed by atoms with Crippen LogP contribution in [0.3, 0.4) is 0 Å². The molecule has 92 valence electrons. The summed E-state index contributed by atoms with van der Waals surface area (Å²) in [6, 6.07) is 5.56. The number of carboxylic acids is 1. The van der Waals surface area contributed by atoms with E-state index in [2.05, 4.69) is 4.98 Å². The van der Waals surface area contributed by atoms with Crippen LogP contribution in [0.15, 0.2) is 36.7 Å². The molecule has 2 aromatic rings. The lowest BCUT2D eigenvalue weighted by atomic mass is 10.0. The number of carbonyl (C=O) groups is 1. The minimum atomic E-state index is -1.06. The van der Waals surface area contributed by atoms with Crippen molar-refractivity contribution in [3.05, 3.63) is 48.0 Å². The standard InChI is InChI=1S/C13H10FNO3/c1-18-12-6-8(2-3-11(12)14)10-7-15-5-4-9(10)13(16)17/h2-7H,1H3,(H,16,17). The summed E-state index contributed by atoms with van der Waals surface area (Å²) < 4.78 is 18.2. The predicted octanol–water partition coefficient (Wildman–Crippen LogP) is 2.59. The SMILES string of the molecule is COc1cc(-c2cnccc2C(=O)O)ccc1F. The number of nitrogens with zero attached hydrogens (tertiary/aromatic N) is 1. The van der Waals surface area contributed by atoms with Gasteiger partial charge in [0.1, 0.15) is 0 Å². The van der Waals surface area contributed by atoms with Gasteiger partial charge in [0.15, 0.2) is 11.6 Å². The first-order chi connectivity index (χ1) is 8.63. The summed E-state index contributed by atoms with van der Waals surface area (Å²) in [7, 11) is 1.35. The van der Waals surface area contributed by atoms with Crippen LogP contribution in [-0.2, 0) is 0 Å². The number of aromatic carboxylic acids is 1. The second-order valence-electron chi connectivity index (χ2n) is 3.58. The number of benzene rings is 1. The van der Waals surface area contributed by atoms with E-state index in [-0.39, 0.29) is 11.3 Å². The molecule has 1 heterocycles. The molecule has 0 saturated carbocycles. The van der Waals surface area contributed by atoms with Gasteiger partial charge in [0.2, 0.25) is 0 Å². The zero-order valence-corrected chi connectivity index (χ0v) is 9.55. The van der Waals surface area contributed by atoms with Gasteiger partial charge in [-0.05, 0) is 23.8 Å². The van der Waals surface area contributed by atoms with Crippen molar-refractivity contribution in [3.63, 3.8) is 0 Å². The summed E-state index contributed by atoms with van der Waals surface area (Å²) >= 11 is 0. The second-order valence-corrected chi connectivity index (χ2v) is 3.58. The normalized spacial score (nSPS) is 10.1. The number of halogens is 1. The van der Waals surface area contributed by atoms with Crippen molar-refractivity contribution in [1.82, 2.24) is 4.98 Å². The molecular weight excluding hydrogens is 237 g/mol. The molecule has 0 amide bonds. The van der Waals surface area contributed by atoms with Crippen LogP contribution in [0.5, 0.6) is 5.75 Å². The summed E-state index contributed by atoms with van der Waals surface area (Å²) in [5, 5.41) is 9.07. The monoisotopic (exact) mass is 247 g/mol. The Kier molecular flexibility index (Phi) is 3.23. The summed E-state index contributed by atoms with van der Waals surface area (Å²) in [6.07, 6.45) is 2.82. The molecule has 5 heteroatoms. The van der Waals surface area contributed by atoms with Gasteiger partial charge in [-0.15, -0.1) is 0 Å². The number of ether oxygens (including phenoxy) is 1. The van der Waals surface area contributed by atoms with Gasteiger partial charge in [-0.25, -0.2) is 9.18 Å². The van der Waals surface area contributed by atoms with E-state index in [4.69, 9.17) is 9.84 Å². The highest BCUT2D eigenvalue weighted by Crippen LogP contribution is 2.28. The highest BCUT2D eigenvalue weighted by Gasteiger charge is 2.13. The van der Waals surface area contributed by atoms with Crippen LogP contribution in [0.4, 0.5) is 4.39 Å². The van der Waals surface area contributed by atoms with E-state index in [1.54, 1.807) is 0 Å². The molecule has 1 aromatic heterocycles. The van der Waals surface area contributed by atoms with E-state index in [0.717, 1.165) is 0 Å². The first-order valence-electron chi connectivity index (χ1n) is 5.14. The number of hydrogen-bond donors (Lipinski definition) is 1. The Morgan fingerprint density at radius 2 is 2.17 bits per heavy atom. The Bertz CT molecular complexity index is 599. The zero-order valence-electron chi connectivity index (χ0n) is 9.55. The maximum Gasteiger partial charge on any atom is 0.336 e. The molecule has 0 atom stereocenters. The fourth-order valence-corrected chi connectivity index (χ4v) is 1.64. The van der Waals surface area contributed by atoms with E-state index in [0.29, 0.717) is 11.1 Å². The highest BCUT2D eigenvalue weighted by atomic mass is 19.1. The van der Waals surface area contributed by atoms with Gasteiger partial charge >= 0.3 is 5.97 Å². The van der Waals surface area contributed by atoms with Crippen LogP contribution in [0, 0.1) is 5.82 Å². The number of aromatic nitrogens is 1. The highest BCUT2D eigenvalue weighted by molar-refractivity contribution is 5.95. The molecule has 0 spiro atoms. The molecule has 0 aliphatic rings. The van der Waals surface area contributed by atoms with E-state index < -0.39 is 11.8 Å². The lowest BCUT2D eigenvalue weighted by molar-refractivity contribution is 0.0697. The van der Waals surface area contributed by atoms with Crippen molar-refractivity contribution in [2.75, 3.05) is 7.11 Å². The molecule has 0 unspecified atom stereocenters. The molecule has 2 rings (SSSR count). The van der Waals surface area contributed by atoms with Crippen molar-refractivity contribution in [1.29, 1.82) is 0 Å². The molecule has 0 fully saturated rings. The van der Waals surface area contributed by atoms with Gasteiger partial charge in [-0.3, -0.25) is 4.98 Å². The Morgan fingerprint density at radius 3 is 2.83 bits per heavy atom. The molecular formula is C13H10FNO3. The average Bonchev–Trinajstić information content (AvgIpc) is 2.39. The number of carboxylic acid groups (broad SMARTS) is 1. The summed E-state index contributed by atoms with van der Waals surface area (Å²) in [5.74, 6) is -1.50. The topological polar surface area (TPSA) is 59.4 Å². The van der Waals surface area contributed by atoms with E-state index in [9.17, 15) is 9.18 Å². The maximum absolute atomic E-state index is 13.3. The van der Waals surface area contributed by atoms with Gasteiger partial charge in [0.25, 0.3) is 0 Å². The van der Waals surface area contributed by atoms with Crippen LogP contribution in [0.1, 0.15) is 10.4 Å².